The van der Waals surface area contributed by atoms with Crippen LogP contribution < -0.4 is 20.4 Å². The molecule has 0 amide bonds. The molecule has 2 aliphatic heterocycles. The maximum atomic E-state index is 11.6. The molecule has 3 rings (SSSR count). The van der Waals surface area contributed by atoms with Gasteiger partial charge in [0, 0.05) is 68.6 Å². The Bertz CT molecular complexity index is 647. The van der Waals surface area contributed by atoms with Gasteiger partial charge in [0.15, 0.2) is 0 Å². The van der Waals surface area contributed by atoms with Crippen LogP contribution in [0.1, 0.15) is 0 Å². The zero-order valence-electron chi connectivity index (χ0n) is 13.9. The molecular formula is C13H22ClN7O3S. The summed E-state index contributed by atoms with van der Waals surface area (Å²) in [5, 5.41) is 17.7. The molecule has 3 heterocycles. The standard InChI is InChI=1S/C13H21N7O3S.ClH/c1-14-11-10(20(21)22)12(18-6-8-24(23)9-7-18)17-13(16-11)19-4-2-15-3-5-19;/h15H,2-9H2,1H3,(H,14,16,17);1H. The number of hydrogen-bond donors (Lipinski definition) is 2. The second-order valence-corrected chi connectivity index (χ2v) is 7.32. The van der Waals surface area contributed by atoms with E-state index >= 15 is 0 Å². The number of rotatable bonds is 4. The minimum Gasteiger partial charge on any atom is -0.367 e. The maximum absolute atomic E-state index is 11.6. The average Bonchev–Trinajstić information content (AvgIpc) is 2.61. The zero-order valence-corrected chi connectivity index (χ0v) is 15.6. The van der Waals surface area contributed by atoms with Gasteiger partial charge in [-0.15, -0.1) is 12.4 Å². The molecule has 0 aliphatic carbocycles. The van der Waals surface area contributed by atoms with E-state index in [0.717, 1.165) is 26.2 Å². The number of nitro groups is 1. The van der Waals surface area contributed by atoms with Crippen LogP contribution in [-0.4, -0.2) is 76.9 Å². The Morgan fingerprint density at radius 3 is 2.36 bits per heavy atom. The number of anilines is 3. The minimum absolute atomic E-state index is 0. The molecule has 0 saturated carbocycles. The predicted octanol–water partition coefficient (Wildman–Crippen LogP) is -0.173. The quantitative estimate of drug-likeness (QED) is 0.532. The van der Waals surface area contributed by atoms with Gasteiger partial charge in [0.1, 0.15) is 0 Å². The van der Waals surface area contributed by atoms with E-state index in [2.05, 4.69) is 20.6 Å². The van der Waals surface area contributed by atoms with Crippen molar-refractivity contribution in [3.8, 4) is 0 Å². The van der Waals surface area contributed by atoms with Gasteiger partial charge in [0.05, 0.1) is 4.92 Å². The van der Waals surface area contributed by atoms with Crippen molar-refractivity contribution in [2.24, 2.45) is 0 Å². The lowest BCUT2D eigenvalue weighted by atomic mass is 10.3. The molecule has 0 spiro atoms. The SMILES string of the molecule is CNc1nc(N2CCNCC2)nc(N2CCS(=O)CC2)c1[N+](=O)[O-].Cl. The predicted molar refractivity (Wildman–Crippen MR) is 101 cm³/mol. The lowest BCUT2D eigenvalue weighted by molar-refractivity contribution is -0.383. The van der Waals surface area contributed by atoms with Gasteiger partial charge in [-0.05, 0) is 0 Å². The Balaban J connectivity index is 0.00000225. The molecule has 0 atom stereocenters. The van der Waals surface area contributed by atoms with Gasteiger partial charge < -0.3 is 20.4 Å². The number of hydrogen-bond acceptors (Lipinski definition) is 9. The number of nitrogens with zero attached hydrogens (tertiary/aromatic N) is 5. The van der Waals surface area contributed by atoms with Crippen LogP contribution in [0.5, 0.6) is 0 Å². The van der Waals surface area contributed by atoms with Crippen LogP contribution in [0.15, 0.2) is 0 Å². The Kier molecular flexibility index (Phi) is 6.73. The van der Waals surface area contributed by atoms with Gasteiger partial charge >= 0.3 is 5.69 Å². The largest absolute Gasteiger partial charge is 0.367 e. The maximum Gasteiger partial charge on any atom is 0.353 e. The minimum atomic E-state index is -0.858. The van der Waals surface area contributed by atoms with Crippen molar-refractivity contribution in [1.82, 2.24) is 15.3 Å². The normalized spacial score (nSPS) is 18.6. The van der Waals surface area contributed by atoms with Crippen molar-refractivity contribution >= 4 is 46.5 Å². The fourth-order valence-electron chi connectivity index (χ4n) is 2.85. The smallest absolute Gasteiger partial charge is 0.353 e. The van der Waals surface area contributed by atoms with Gasteiger partial charge in [0.25, 0.3) is 0 Å². The van der Waals surface area contributed by atoms with E-state index < -0.39 is 15.7 Å². The fourth-order valence-corrected chi connectivity index (χ4v) is 3.90. The third-order valence-electron chi connectivity index (χ3n) is 4.15. The molecule has 2 N–H and O–H groups in total. The number of aromatic nitrogens is 2. The molecule has 0 unspecified atom stereocenters. The molecule has 25 heavy (non-hydrogen) atoms. The highest BCUT2D eigenvalue weighted by Gasteiger charge is 2.31. The van der Waals surface area contributed by atoms with Gasteiger partial charge in [0.2, 0.25) is 17.6 Å². The lowest BCUT2D eigenvalue weighted by Crippen LogP contribution is -2.45. The average molecular weight is 392 g/mol. The first kappa shape index (κ1) is 19.6. The van der Waals surface area contributed by atoms with Crippen LogP contribution >= 0.6 is 12.4 Å². The Morgan fingerprint density at radius 1 is 1.16 bits per heavy atom. The first-order valence-corrected chi connectivity index (χ1v) is 9.38. The highest BCUT2D eigenvalue weighted by Crippen LogP contribution is 2.35. The van der Waals surface area contributed by atoms with Crippen LogP contribution in [0.3, 0.4) is 0 Å². The molecule has 10 nitrogen and oxygen atoms in total. The van der Waals surface area contributed by atoms with Crippen molar-refractivity contribution in [1.29, 1.82) is 0 Å². The van der Waals surface area contributed by atoms with E-state index in [1.54, 1.807) is 7.05 Å². The first-order valence-electron chi connectivity index (χ1n) is 7.90. The van der Waals surface area contributed by atoms with Crippen LogP contribution in [0.4, 0.5) is 23.3 Å². The van der Waals surface area contributed by atoms with E-state index in [1.165, 1.54) is 0 Å². The first-order chi connectivity index (χ1) is 11.6. The van der Waals surface area contributed by atoms with Gasteiger partial charge in [-0.1, -0.05) is 0 Å². The van der Waals surface area contributed by atoms with Crippen molar-refractivity contribution in [3.63, 3.8) is 0 Å². The highest BCUT2D eigenvalue weighted by atomic mass is 35.5. The summed E-state index contributed by atoms with van der Waals surface area (Å²) < 4.78 is 11.6. The molecule has 12 heteroatoms. The third-order valence-corrected chi connectivity index (χ3v) is 5.43. The van der Waals surface area contributed by atoms with Gasteiger partial charge in [-0.25, -0.2) is 0 Å². The molecule has 1 aromatic heterocycles. The summed E-state index contributed by atoms with van der Waals surface area (Å²) in [5.74, 6) is 2.01. The van der Waals surface area contributed by atoms with Gasteiger partial charge in [-0.3, -0.25) is 14.3 Å². The summed E-state index contributed by atoms with van der Waals surface area (Å²) in [6, 6.07) is 0. The van der Waals surface area contributed by atoms with E-state index in [-0.39, 0.29) is 23.9 Å². The molecular weight excluding hydrogens is 370 g/mol. The lowest BCUT2D eigenvalue weighted by Gasteiger charge is -2.30. The zero-order chi connectivity index (χ0) is 17.1. The molecule has 140 valence electrons. The second kappa shape index (κ2) is 8.59. The molecule has 2 fully saturated rings. The fraction of sp³-hybridized carbons (Fsp3) is 0.692. The van der Waals surface area contributed by atoms with Crippen LogP contribution in [0.25, 0.3) is 0 Å². The van der Waals surface area contributed by atoms with Crippen LogP contribution in [0.2, 0.25) is 0 Å². The van der Waals surface area contributed by atoms with Crippen molar-refractivity contribution in [2.75, 3.05) is 72.9 Å². The van der Waals surface area contributed by atoms with Crippen LogP contribution in [-0.2, 0) is 10.8 Å². The Hall–Kier alpha value is -1.72. The number of halogens is 1. The van der Waals surface area contributed by atoms with E-state index in [9.17, 15) is 14.3 Å². The van der Waals surface area contributed by atoms with E-state index in [4.69, 9.17) is 0 Å². The topological polar surface area (TPSA) is 117 Å². The summed E-state index contributed by atoms with van der Waals surface area (Å²) in [6.45, 7) is 4.15. The van der Waals surface area contributed by atoms with Crippen molar-refractivity contribution in [3.05, 3.63) is 10.1 Å². The molecule has 0 radical (unpaired) electrons. The van der Waals surface area contributed by atoms with Crippen LogP contribution in [0, 0.1) is 10.1 Å². The van der Waals surface area contributed by atoms with Crippen molar-refractivity contribution < 1.29 is 9.13 Å². The molecule has 0 aromatic carbocycles. The summed E-state index contributed by atoms with van der Waals surface area (Å²) in [5.41, 5.74) is -0.121. The highest BCUT2D eigenvalue weighted by molar-refractivity contribution is 7.85. The van der Waals surface area contributed by atoms with Gasteiger partial charge in [-0.2, -0.15) is 9.97 Å². The summed E-state index contributed by atoms with van der Waals surface area (Å²) in [7, 11) is 0.759. The molecule has 1 aromatic rings. The van der Waals surface area contributed by atoms with E-state index in [0.29, 0.717) is 36.4 Å². The monoisotopic (exact) mass is 391 g/mol. The number of nitrogens with one attached hydrogen (secondary N) is 2. The second-order valence-electron chi connectivity index (χ2n) is 5.62. The molecule has 0 bridgehead atoms. The summed E-state index contributed by atoms with van der Waals surface area (Å²) in [4.78, 5) is 23.8. The Morgan fingerprint density at radius 2 is 1.80 bits per heavy atom. The van der Waals surface area contributed by atoms with Crippen molar-refractivity contribution in [2.45, 2.75) is 0 Å². The van der Waals surface area contributed by atoms with E-state index in [1.807, 2.05) is 9.80 Å². The molecule has 2 saturated heterocycles. The molecule has 2 aliphatic rings. The number of piperazine rings is 1. The Labute approximate surface area is 154 Å². The summed E-state index contributed by atoms with van der Waals surface area (Å²) in [6.07, 6.45) is 0. The third kappa shape index (κ3) is 4.28. The summed E-state index contributed by atoms with van der Waals surface area (Å²) >= 11 is 0.